The van der Waals surface area contributed by atoms with Crippen molar-refractivity contribution in [1.29, 1.82) is 0 Å². The Hall–Kier alpha value is -2.31. The smallest absolute Gasteiger partial charge is 0.256 e. The molecule has 24 heavy (non-hydrogen) atoms. The van der Waals surface area contributed by atoms with Crippen LogP contribution in [0.3, 0.4) is 0 Å². The normalized spacial score (nSPS) is 28.0. The van der Waals surface area contributed by atoms with E-state index in [1.165, 1.54) is 11.8 Å². The molecule has 0 N–H and O–H groups in total. The molecule has 0 saturated carbocycles. The van der Waals surface area contributed by atoms with Crippen molar-refractivity contribution < 1.29 is 19.1 Å². The van der Waals surface area contributed by atoms with E-state index in [1.807, 2.05) is 32.0 Å². The first kappa shape index (κ1) is 15.2. The van der Waals surface area contributed by atoms with Crippen LogP contribution in [0.4, 0.5) is 0 Å². The number of aryl methyl sites for hydroxylation is 2. The monoisotopic (exact) mass is 326 g/mol. The third-order valence-electron chi connectivity index (χ3n) is 4.91. The summed E-state index contributed by atoms with van der Waals surface area (Å²) >= 11 is 0. The summed E-state index contributed by atoms with van der Waals surface area (Å²) in [6, 6.07) is 9.03. The summed E-state index contributed by atoms with van der Waals surface area (Å²) in [5, 5.41) is 4.28. The van der Waals surface area contributed by atoms with E-state index in [-0.39, 0.29) is 11.7 Å². The largest absolute Gasteiger partial charge is 0.349 e. The van der Waals surface area contributed by atoms with Crippen molar-refractivity contribution in [1.82, 2.24) is 9.78 Å². The lowest BCUT2D eigenvalue weighted by Crippen LogP contribution is -2.44. The van der Waals surface area contributed by atoms with Crippen molar-refractivity contribution in [2.75, 3.05) is 7.11 Å². The number of Topliss-reactive ketones (excluding diaryl/α,β-unsaturated/α-hetero) is 1. The highest BCUT2D eigenvalue weighted by molar-refractivity contribution is 6.03. The van der Waals surface area contributed by atoms with Crippen LogP contribution in [0, 0.1) is 19.8 Å². The first-order chi connectivity index (χ1) is 11.5. The number of aromatic nitrogens is 2. The Morgan fingerprint density at radius 3 is 2.79 bits per heavy atom. The number of methoxy groups -OCH3 is 1. The minimum atomic E-state index is -1.24. The van der Waals surface area contributed by atoms with Gasteiger partial charge in [0.25, 0.3) is 5.91 Å². The van der Waals surface area contributed by atoms with E-state index in [9.17, 15) is 9.59 Å². The zero-order valence-corrected chi connectivity index (χ0v) is 13.8. The van der Waals surface area contributed by atoms with E-state index in [2.05, 4.69) is 5.10 Å². The summed E-state index contributed by atoms with van der Waals surface area (Å²) in [6.07, 6.45) is -0.371. The number of nitrogens with zero attached hydrogens (tertiary/aromatic N) is 2. The van der Waals surface area contributed by atoms with E-state index < -0.39 is 17.8 Å². The van der Waals surface area contributed by atoms with Crippen LogP contribution < -0.4 is 0 Å². The number of hydrogen-bond acceptors (Lipinski definition) is 5. The molecule has 0 radical (unpaired) electrons. The molecule has 3 atom stereocenters. The number of ether oxygens (including phenoxy) is 2. The average Bonchev–Trinajstić information content (AvgIpc) is 3.11. The molecular weight excluding hydrogens is 308 g/mol. The van der Waals surface area contributed by atoms with E-state index >= 15 is 0 Å². The summed E-state index contributed by atoms with van der Waals surface area (Å²) < 4.78 is 13.0. The second-order valence-electron chi connectivity index (χ2n) is 6.35. The number of carbonyl (C=O) groups excluding carboxylic acids is 2. The van der Waals surface area contributed by atoms with Crippen LogP contribution in [0.15, 0.2) is 30.3 Å². The molecule has 2 aromatic rings. The van der Waals surface area contributed by atoms with Gasteiger partial charge < -0.3 is 9.47 Å². The summed E-state index contributed by atoms with van der Waals surface area (Å²) in [5.41, 5.74) is 2.71. The van der Waals surface area contributed by atoms with E-state index in [0.29, 0.717) is 17.5 Å². The predicted octanol–water partition coefficient (Wildman–Crippen LogP) is 2.24. The number of fused-ring (bicyclic) bond motifs is 4. The van der Waals surface area contributed by atoms with Crippen molar-refractivity contribution in [3.8, 4) is 0 Å². The van der Waals surface area contributed by atoms with Gasteiger partial charge in [0, 0.05) is 23.9 Å². The Bertz CT molecular complexity index is 856. The zero-order chi connectivity index (χ0) is 17.1. The van der Waals surface area contributed by atoms with Gasteiger partial charge in [-0.15, -0.1) is 0 Å². The van der Waals surface area contributed by atoms with Gasteiger partial charge in [0.2, 0.25) is 5.79 Å². The third-order valence-corrected chi connectivity index (χ3v) is 4.91. The highest BCUT2D eigenvalue weighted by Gasteiger charge is 2.60. The van der Waals surface area contributed by atoms with Gasteiger partial charge in [0.15, 0.2) is 5.78 Å². The quantitative estimate of drug-likeness (QED) is 0.846. The average molecular weight is 326 g/mol. The summed E-state index contributed by atoms with van der Waals surface area (Å²) in [5.74, 6) is -2.17. The molecule has 0 unspecified atom stereocenters. The van der Waals surface area contributed by atoms with Crippen LogP contribution >= 0.6 is 0 Å². The molecule has 6 nitrogen and oxygen atoms in total. The van der Waals surface area contributed by atoms with Crippen LogP contribution in [0.25, 0.3) is 0 Å². The van der Waals surface area contributed by atoms with Crippen molar-refractivity contribution in [3.05, 3.63) is 52.8 Å². The SMILES string of the molecule is CO[C@]12O[C@H](C[C@H]1C(=O)n1nc(C)cc1C)C(=O)c1ccccc12. The predicted molar refractivity (Wildman–Crippen MR) is 84.8 cm³/mol. The van der Waals surface area contributed by atoms with Crippen molar-refractivity contribution in [2.24, 2.45) is 5.92 Å². The second-order valence-corrected chi connectivity index (χ2v) is 6.35. The molecule has 1 saturated heterocycles. The Kier molecular flexibility index (Phi) is 3.23. The minimum absolute atomic E-state index is 0.0954. The lowest BCUT2D eigenvalue weighted by atomic mass is 9.89. The molecule has 2 bridgehead atoms. The molecule has 0 aliphatic carbocycles. The van der Waals surface area contributed by atoms with Crippen LogP contribution in [-0.2, 0) is 15.3 Å². The maximum atomic E-state index is 13.1. The molecule has 0 amide bonds. The van der Waals surface area contributed by atoms with Crippen LogP contribution in [0.5, 0.6) is 0 Å². The van der Waals surface area contributed by atoms with Gasteiger partial charge in [-0.1, -0.05) is 24.3 Å². The molecule has 124 valence electrons. The van der Waals surface area contributed by atoms with E-state index in [4.69, 9.17) is 9.47 Å². The lowest BCUT2D eigenvalue weighted by molar-refractivity contribution is -0.230. The number of hydrogen-bond donors (Lipinski definition) is 0. The molecule has 2 aliphatic rings. The van der Waals surface area contributed by atoms with Gasteiger partial charge in [-0.2, -0.15) is 5.10 Å². The fourth-order valence-electron chi connectivity index (χ4n) is 3.86. The number of rotatable bonds is 2. The highest BCUT2D eigenvalue weighted by atomic mass is 16.7. The molecule has 3 heterocycles. The third kappa shape index (κ3) is 1.87. The molecule has 4 rings (SSSR count). The summed E-state index contributed by atoms with van der Waals surface area (Å²) in [7, 11) is 1.51. The summed E-state index contributed by atoms with van der Waals surface area (Å²) in [6.45, 7) is 3.67. The highest BCUT2D eigenvalue weighted by Crippen LogP contribution is 2.50. The molecule has 2 aliphatic heterocycles. The number of carbonyl (C=O) groups is 2. The van der Waals surface area contributed by atoms with Crippen LogP contribution in [0.1, 0.15) is 38.5 Å². The maximum Gasteiger partial charge on any atom is 0.256 e. The molecule has 0 spiro atoms. The second kappa shape index (κ2) is 5.09. The van der Waals surface area contributed by atoms with Gasteiger partial charge >= 0.3 is 0 Å². The van der Waals surface area contributed by atoms with E-state index in [1.54, 1.807) is 12.1 Å². The Labute approximate surface area is 139 Å². The first-order valence-electron chi connectivity index (χ1n) is 7.92. The van der Waals surface area contributed by atoms with Crippen molar-refractivity contribution in [3.63, 3.8) is 0 Å². The van der Waals surface area contributed by atoms with Crippen LogP contribution in [0.2, 0.25) is 0 Å². The van der Waals surface area contributed by atoms with Crippen LogP contribution in [-0.4, -0.2) is 34.7 Å². The summed E-state index contributed by atoms with van der Waals surface area (Å²) in [4.78, 5) is 25.7. The zero-order valence-electron chi connectivity index (χ0n) is 13.8. The van der Waals surface area contributed by atoms with Gasteiger partial charge in [-0.25, -0.2) is 4.68 Å². The molecule has 1 aromatic heterocycles. The Balaban J connectivity index is 1.85. The number of ketones is 1. The van der Waals surface area contributed by atoms with Gasteiger partial charge in [-0.3, -0.25) is 9.59 Å². The van der Waals surface area contributed by atoms with Gasteiger partial charge in [0.1, 0.15) is 12.0 Å². The van der Waals surface area contributed by atoms with Crippen molar-refractivity contribution in [2.45, 2.75) is 32.2 Å². The molecule has 1 aromatic carbocycles. The Morgan fingerprint density at radius 2 is 2.12 bits per heavy atom. The topological polar surface area (TPSA) is 70.4 Å². The fourth-order valence-corrected chi connectivity index (χ4v) is 3.86. The number of benzene rings is 1. The lowest BCUT2D eigenvalue weighted by Gasteiger charge is -2.36. The minimum Gasteiger partial charge on any atom is -0.349 e. The van der Waals surface area contributed by atoms with E-state index in [0.717, 1.165) is 11.4 Å². The standard InChI is InChI=1S/C18H18N2O4/c1-10-8-11(2)20(19-10)17(22)14-9-15-16(21)12-6-4-5-7-13(12)18(14,23-3)24-15/h4-8,14-15H,9H2,1-3H3/t14-,15+,18+/m0/s1. The fraction of sp³-hybridized carbons (Fsp3) is 0.389. The van der Waals surface area contributed by atoms with Crippen molar-refractivity contribution >= 4 is 11.7 Å². The molecule has 1 fully saturated rings. The molecular formula is C18H18N2O4. The van der Waals surface area contributed by atoms with Gasteiger partial charge in [-0.05, 0) is 26.3 Å². The van der Waals surface area contributed by atoms with Gasteiger partial charge in [0.05, 0.1) is 5.69 Å². The molecule has 6 heteroatoms. The Morgan fingerprint density at radius 1 is 1.38 bits per heavy atom. The maximum absolute atomic E-state index is 13.1. The first-order valence-corrected chi connectivity index (χ1v) is 7.92.